The van der Waals surface area contributed by atoms with E-state index in [2.05, 4.69) is 15.0 Å². The third kappa shape index (κ3) is 2.76. The topological polar surface area (TPSA) is 89.9 Å². The van der Waals surface area contributed by atoms with E-state index in [-0.39, 0.29) is 4.90 Å². The molecule has 150 valence electrons. The molecule has 0 amide bonds. The summed E-state index contributed by atoms with van der Waals surface area (Å²) in [4.78, 5) is 11.7. The molecule has 8 heteroatoms. The molecule has 30 heavy (non-hydrogen) atoms. The van der Waals surface area contributed by atoms with E-state index < -0.39 is 10.0 Å². The Kier molecular flexibility index (Phi) is 4.11. The highest BCUT2D eigenvalue weighted by Gasteiger charge is 2.26. The van der Waals surface area contributed by atoms with Crippen LogP contribution in [0.3, 0.4) is 0 Å². The van der Waals surface area contributed by atoms with Crippen molar-refractivity contribution in [3.8, 4) is 17.0 Å². The highest BCUT2D eigenvalue weighted by molar-refractivity contribution is 7.90. The number of rotatable bonds is 4. The lowest BCUT2D eigenvalue weighted by Gasteiger charge is -2.11. The SMILES string of the molecule is COc1ccc2[nH]cc(-c3cc4cncnc4n3S(=O)(=O)c3ccc(C)cc3)c2c1. The second-order valence-electron chi connectivity index (χ2n) is 7.03. The Labute approximate surface area is 173 Å². The van der Waals surface area contributed by atoms with Crippen LogP contribution in [0.1, 0.15) is 5.56 Å². The zero-order valence-electron chi connectivity index (χ0n) is 16.3. The molecule has 1 N–H and O–H groups in total. The van der Waals surface area contributed by atoms with E-state index in [1.165, 1.54) is 10.3 Å². The normalized spacial score (nSPS) is 11.9. The number of ether oxygens (including phenoxy) is 1. The maximum absolute atomic E-state index is 13.7. The number of methoxy groups -OCH3 is 1. The van der Waals surface area contributed by atoms with Crippen molar-refractivity contribution in [2.24, 2.45) is 0 Å². The molecule has 5 aromatic rings. The van der Waals surface area contributed by atoms with Gasteiger partial charge in [0.25, 0.3) is 10.0 Å². The Bertz CT molecular complexity index is 1500. The van der Waals surface area contributed by atoms with Crippen molar-refractivity contribution >= 4 is 32.0 Å². The zero-order chi connectivity index (χ0) is 20.9. The molecule has 2 aromatic carbocycles. The van der Waals surface area contributed by atoms with E-state index in [1.807, 2.05) is 25.1 Å². The summed E-state index contributed by atoms with van der Waals surface area (Å²) in [6.07, 6.45) is 4.76. The molecule has 3 aromatic heterocycles. The number of aryl methyl sites for hydroxylation is 1. The summed E-state index contributed by atoms with van der Waals surface area (Å²) < 4.78 is 34.0. The van der Waals surface area contributed by atoms with Crippen LogP contribution in [0.2, 0.25) is 0 Å². The number of hydrogen-bond acceptors (Lipinski definition) is 5. The molecule has 0 saturated carbocycles. The Hall–Kier alpha value is -3.65. The monoisotopic (exact) mass is 418 g/mol. The van der Waals surface area contributed by atoms with Gasteiger partial charge in [-0.3, -0.25) is 0 Å². The van der Waals surface area contributed by atoms with Gasteiger partial charge in [-0.2, -0.15) is 0 Å². The fraction of sp³-hybridized carbons (Fsp3) is 0.0909. The highest BCUT2D eigenvalue weighted by atomic mass is 32.2. The van der Waals surface area contributed by atoms with Gasteiger partial charge < -0.3 is 9.72 Å². The third-order valence-corrected chi connectivity index (χ3v) is 6.86. The number of hydrogen-bond donors (Lipinski definition) is 1. The molecule has 0 aliphatic heterocycles. The summed E-state index contributed by atoms with van der Waals surface area (Å²) in [7, 11) is -2.30. The van der Waals surface area contributed by atoms with Crippen molar-refractivity contribution in [2.75, 3.05) is 7.11 Å². The van der Waals surface area contributed by atoms with Gasteiger partial charge in [0.2, 0.25) is 0 Å². The molecule has 0 aliphatic rings. The van der Waals surface area contributed by atoms with Gasteiger partial charge in [-0.1, -0.05) is 17.7 Å². The van der Waals surface area contributed by atoms with Crippen LogP contribution < -0.4 is 4.74 Å². The van der Waals surface area contributed by atoms with Crippen LogP contribution >= 0.6 is 0 Å². The van der Waals surface area contributed by atoms with E-state index in [1.54, 1.807) is 49.8 Å². The van der Waals surface area contributed by atoms with Gasteiger partial charge >= 0.3 is 0 Å². The van der Waals surface area contributed by atoms with Gasteiger partial charge in [-0.15, -0.1) is 0 Å². The van der Waals surface area contributed by atoms with Crippen LogP contribution in [-0.2, 0) is 10.0 Å². The first kappa shape index (κ1) is 18.4. The van der Waals surface area contributed by atoms with Crippen molar-refractivity contribution in [1.82, 2.24) is 18.9 Å². The summed E-state index contributed by atoms with van der Waals surface area (Å²) in [5.41, 5.74) is 3.43. The molecule has 0 fully saturated rings. The van der Waals surface area contributed by atoms with Crippen molar-refractivity contribution < 1.29 is 13.2 Å². The van der Waals surface area contributed by atoms with Gasteiger partial charge in [0.15, 0.2) is 5.65 Å². The average Bonchev–Trinajstić information content (AvgIpc) is 3.34. The van der Waals surface area contributed by atoms with Gasteiger partial charge in [-0.05, 0) is 43.3 Å². The zero-order valence-corrected chi connectivity index (χ0v) is 17.1. The smallest absolute Gasteiger partial charge is 0.269 e. The Morgan fingerprint density at radius 1 is 1.07 bits per heavy atom. The lowest BCUT2D eigenvalue weighted by Crippen LogP contribution is -2.14. The maximum atomic E-state index is 13.7. The minimum absolute atomic E-state index is 0.197. The van der Waals surface area contributed by atoms with E-state index in [9.17, 15) is 8.42 Å². The molecule has 3 heterocycles. The number of aromatic nitrogens is 4. The average molecular weight is 418 g/mol. The van der Waals surface area contributed by atoms with Gasteiger partial charge in [-0.25, -0.2) is 22.4 Å². The van der Waals surface area contributed by atoms with Crippen LogP contribution in [0.4, 0.5) is 0 Å². The highest BCUT2D eigenvalue weighted by Crippen LogP contribution is 2.36. The molecule has 0 atom stereocenters. The van der Waals surface area contributed by atoms with Crippen LogP contribution in [0.25, 0.3) is 33.2 Å². The molecule has 5 rings (SSSR count). The second-order valence-corrected chi connectivity index (χ2v) is 8.81. The standard InChI is InChI=1S/C22H18N4O3S/c1-14-3-6-17(7-4-14)30(27,28)26-21(9-15-11-23-13-25-22(15)26)19-12-24-20-8-5-16(29-2)10-18(19)20/h3-13,24H,1-2H3. The van der Waals surface area contributed by atoms with Crippen molar-refractivity contribution in [3.05, 3.63) is 72.8 Å². The van der Waals surface area contributed by atoms with Crippen LogP contribution in [0.15, 0.2) is 72.1 Å². The lowest BCUT2D eigenvalue weighted by molar-refractivity contribution is 0.415. The summed E-state index contributed by atoms with van der Waals surface area (Å²) >= 11 is 0. The Morgan fingerprint density at radius 2 is 1.87 bits per heavy atom. The van der Waals surface area contributed by atoms with Gasteiger partial charge in [0.05, 0.1) is 17.7 Å². The van der Waals surface area contributed by atoms with Crippen LogP contribution in [-0.4, -0.2) is 34.5 Å². The first-order valence-electron chi connectivity index (χ1n) is 9.28. The van der Waals surface area contributed by atoms with E-state index in [0.717, 1.165) is 22.0 Å². The minimum Gasteiger partial charge on any atom is -0.497 e. The number of benzene rings is 2. The largest absolute Gasteiger partial charge is 0.497 e. The predicted molar refractivity (Wildman–Crippen MR) is 115 cm³/mol. The molecule has 0 saturated heterocycles. The van der Waals surface area contributed by atoms with Gasteiger partial charge in [0, 0.05) is 34.2 Å². The molecule has 0 bridgehead atoms. The molecule has 0 spiro atoms. The molecule has 0 radical (unpaired) electrons. The minimum atomic E-state index is -3.90. The summed E-state index contributed by atoms with van der Waals surface area (Å²) in [6, 6.07) is 14.2. The van der Waals surface area contributed by atoms with E-state index in [0.29, 0.717) is 22.5 Å². The second kappa shape index (κ2) is 6.70. The first-order valence-corrected chi connectivity index (χ1v) is 10.7. The number of fused-ring (bicyclic) bond motifs is 2. The molecule has 7 nitrogen and oxygen atoms in total. The molecule has 0 unspecified atom stereocenters. The number of aromatic amines is 1. The maximum Gasteiger partial charge on any atom is 0.269 e. The first-order chi connectivity index (χ1) is 14.5. The lowest BCUT2D eigenvalue weighted by atomic mass is 10.1. The van der Waals surface area contributed by atoms with Crippen LogP contribution in [0.5, 0.6) is 5.75 Å². The third-order valence-electron chi connectivity index (χ3n) is 5.15. The molecular formula is C22H18N4O3S. The van der Waals surface area contributed by atoms with Crippen LogP contribution in [0, 0.1) is 6.92 Å². The predicted octanol–water partition coefficient (Wildman–Crippen LogP) is 4.13. The fourth-order valence-corrected chi connectivity index (χ4v) is 5.09. The van der Waals surface area contributed by atoms with Crippen molar-refractivity contribution in [3.63, 3.8) is 0 Å². The molecular weight excluding hydrogens is 400 g/mol. The summed E-state index contributed by atoms with van der Waals surface area (Å²) in [6.45, 7) is 1.92. The number of nitrogens with zero attached hydrogens (tertiary/aromatic N) is 3. The van der Waals surface area contributed by atoms with Crippen molar-refractivity contribution in [1.29, 1.82) is 0 Å². The quantitative estimate of drug-likeness (QED) is 0.474. The fourth-order valence-electron chi connectivity index (χ4n) is 3.61. The Balaban J connectivity index is 1.84. The van der Waals surface area contributed by atoms with Gasteiger partial charge in [0.1, 0.15) is 12.1 Å². The summed E-state index contributed by atoms with van der Waals surface area (Å²) in [5, 5.41) is 1.49. The number of H-pyrrole nitrogens is 1. The summed E-state index contributed by atoms with van der Waals surface area (Å²) in [5.74, 6) is 0.687. The van der Waals surface area contributed by atoms with E-state index >= 15 is 0 Å². The van der Waals surface area contributed by atoms with E-state index in [4.69, 9.17) is 4.74 Å². The Morgan fingerprint density at radius 3 is 2.63 bits per heavy atom. The number of nitrogens with one attached hydrogen (secondary N) is 1. The van der Waals surface area contributed by atoms with Crippen molar-refractivity contribution in [2.45, 2.75) is 11.8 Å². The molecule has 0 aliphatic carbocycles.